The Bertz CT molecular complexity index is 1190. The van der Waals surface area contributed by atoms with E-state index < -0.39 is 0 Å². The second kappa shape index (κ2) is 6.49. The first-order chi connectivity index (χ1) is 13.7. The third kappa shape index (κ3) is 2.62. The fraction of sp³-hybridized carbons (Fsp3) is 0.136. The molecule has 5 rings (SSSR count). The van der Waals surface area contributed by atoms with E-state index in [1.165, 1.54) is 6.08 Å². The molecule has 1 amide bonds. The van der Waals surface area contributed by atoms with Crippen molar-refractivity contribution in [1.82, 2.24) is 19.7 Å². The summed E-state index contributed by atoms with van der Waals surface area (Å²) in [6, 6.07) is 12.0. The van der Waals surface area contributed by atoms with Crippen LogP contribution in [-0.2, 0) is 17.9 Å². The van der Waals surface area contributed by atoms with Crippen molar-refractivity contribution < 1.29 is 9.21 Å². The predicted octanol–water partition coefficient (Wildman–Crippen LogP) is 3.89. The molecule has 0 atom stereocenters. The van der Waals surface area contributed by atoms with Gasteiger partial charge in [-0.3, -0.25) is 14.5 Å². The molecular formula is C22H18N4O2. The second-order valence-electron chi connectivity index (χ2n) is 6.77. The summed E-state index contributed by atoms with van der Waals surface area (Å²) in [6.45, 7) is 5.40. The molecule has 0 aliphatic carbocycles. The maximum atomic E-state index is 12.2. The molecule has 0 fully saturated rings. The Balaban J connectivity index is 1.70. The number of nitrogens with zero attached hydrogens (tertiary/aromatic N) is 4. The SMILES string of the molecule is C=CC(=O)N1CCn2nc(-c3ccc4occc4c3)c(-c3ccncc3)c2C1. The van der Waals surface area contributed by atoms with Crippen LogP contribution in [0.15, 0.2) is 72.1 Å². The minimum atomic E-state index is -0.0607. The average Bonchev–Trinajstić information content (AvgIpc) is 3.37. The van der Waals surface area contributed by atoms with Crippen LogP contribution >= 0.6 is 0 Å². The van der Waals surface area contributed by atoms with Crippen molar-refractivity contribution in [2.45, 2.75) is 13.1 Å². The molecule has 0 unspecified atom stereocenters. The smallest absolute Gasteiger partial charge is 0.246 e. The topological polar surface area (TPSA) is 64.2 Å². The lowest BCUT2D eigenvalue weighted by Crippen LogP contribution is -2.37. The van der Waals surface area contributed by atoms with Gasteiger partial charge >= 0.3 is 0 Å². The third-order valence-corrected chi connectivity index (χ3v) is 5.16. The number of amides is 1. The van der Waals surface area contributed by atoms with E-state index in [0.29, 0.717) is 19.6 Å². The Morgan fingerprint density at radius 2 is 1.96 bits per heavy atom. The number of aromatic nitrogens is 3. The van der Waals surface area contributed by atoms with Gasteiger partial charge in [0, 0.05) is 35.5 Å². The molecule has 6 nitrogen and oxygen atoms in total. The number of fused-ring (bicyclic) bond motifs is 2. The molecule has 3 aromatic heterocycles. The van der Waals surface area contributed by atoms with Crippen molar-refractivity contribution in [3.63, 3.8) is 0 Å². The van der Waals surface area contributed by atoms with Gasteiger partial charge in [-0.25, -0.2) is 0 Å². The zero-order valence-corrected chi connectivity index (χ0v) is 15.2. The number of hydrogen-bond acceptors (Lipinski definition) is 4. The summed E-state index contributed by atoms with van der Waals surface area (Å²) in [5.74, 6) is -0.0607. The summed E-state index contributed by atoms with van der Waals surface area (Å²) in [4.78, 5) is 18.1. The Kier molecular flexibility index (Phi) is 3.83. The van der Waals surface area contributed by atoms with E-state index in [9.17, 15) is 4.79 Å². The van der Waals surface area contributed by atoms with Crippen molar-refractivity contribution in [2.75, 3.05) is 6.54 Å². The highest BCUT2D eigenvalue weighted by molar-refractivity contribution is 5.90. The third-order valence-electron chi connectivity index (χ3n) is 5.16. The van der Waals surface area contributed by atoms with Gasteiger partial charge in [-0.15, -0.1) is 0 Å². The van der Waals surface area contributed by atoms with Crippen molar-refractivity contribution >= 4 is 16.9 Å². The number of carbonyl (C=O) groups excluding carboxylic acids is 1. The molecule has 1 aliphatic heterocycles. The molecule has 138 valence electrons. The molecule has 4 aromatic rings. The van der Waals surface area contributed by atoms with Crippen LogP contribution in [0.25, 0.3) is 33.4 Å². The minimum Gasteiger partial charge on any atom is -0.464 e. The first-order valence-electron chi connectivity index (χ1n) is 9.13. The molecule has 1 aromatic carbocycles. The Morgan fingerprint density at radius 1 is 1.11 bits per heavy atom. The Morgan fingerprint density at radius 3 is 2.79 bits per heavy atom. The second-order valence-corrected chi connectivity index (χ2v) is 6.77. The Hall–Kier alpha value is -3.67. The van der Waals surface area contributed by atoms with Crippen LogP contribution in [0.3, 0.4) is 0 Å². The van der Waals surface area contributed by atoms with Gasteiger partial charge in [0.05, 0.1) is 25.0 Å². The first kappa shape index (κ1) is 16.5. The summed E-state index contributed by atoms with van der Waals surface area (Å²) in [6.07, 6.45) is 6.61. The van der Waals surface area contributed by atoms with E-state index >= 15 is 0 Å². The monoisotopic (exact) mass is 370 g/mol. The molecule has 0 bridgehead atoms. The number of pyridine rings is 1. The van der Waals surface area contributed by atoms with Crippen molar-refractivity contribution in [3.8, 4) is 22.4 Å². The van der Waals surface area contributed by atoms with Crippen molar-refractivity contribution in [1.29, 1.82) is 0 Å². The number of benzene rings is 1. The minimum absolute atomic E-state index is 0.0607. The molecule has 28 heavy (non-hydrogen) atoms. The van der Waals surface area contributed by atoms with E-state index in [1.807, 2.05) is 35.0 Å². The van der Waals surface area contributed by atoms with E-state index in [-0.39, 0.29) is 5.91 Å². The van der Waals surface area contributed by atoms with Crippen LogP contribution in [0.2, 0.25) is 0 Å². The van der Waals surface area contributed by atoms with E-state index in [1.54, 1.807) is 23.6 Å². The summed E-state index contributed by atoms with van der Waals surface area (Å²) >= 11 is 0. The number of carbonyl (C=O) groups is 1. The van der Waals surface area contributed by atoms with Gasteiger partial charge in [0.2, 0.25) is 5.91 Å². The van der Waals surface area contributed by atoms with Crippen molar-refractivity contribution in [3.05, 3.63) is 73.4 Å². The Labute approximate surface area is 161 Å². The van der Waals surface area contributed by atoms with Crippen LogP contribution < -0.4 is 0 Å². The highest BCUT2D eigenvalue weighted by Crippen LogP contribution is 2.37. The van der Waals surface area contributed by atoms with E-state index in [2.05, 4.69) is 17.6 Å². The first-order valence-corrected chi connectivity index (χ1v) is 9.13. The van der Waals surface area contributed by atoms with Crippen LogP contribution in [0.4, 0.5) is 0 Å². The normalized spacial score (nSPS) is 13.5. The van der Waals surface area contributed by atoms with Gasteiger partial charge in [-0.1, -0.05) is 6.58 Å². The summed E-state index contributed by atoms with van der Waals surface area (Å²) in [5.41, 5.74) is 5.86. The molecule has 4 heterocycles. The van der Waals surface area contributed by atoms with E-state index in [4.69, 9.17) is 9.52 Å². The van der Waals surface area contributed by atoms with Gasteiger partial charge in [-0.05, 0) is 48.0 Å². The van der Waals surface area contributed by atoms with Crippen LogP contribution in [0, 0.1) is 0 Å². The maximum Gasteiger partial charge on any atom is 0.246 e. The summed E-state index contributed by atoms with van der Waals surface area (Å²) in [5, 5.41) is 5.94. The number of rotatable bonds is 3. The molecule has 0 N–H and O–H groups in total. The van der Waals surface area contributed by atoms with Gasteiger partial charge in [0.1, 0.15) is 11.3 Å². The average molecular weight is 370 g/mol. The summed E-state index contributed by atoms with van der Waals surface area (Å²) in [7, 11) is 0. The number of hydrogen-bond donors (Lipinski definition) is 0. The molecule has 0 radical (unpaired) electrons. The van der Waals surface area contributed by atoms with Gasteiger partial charge in [0.25, 0.3) is 0 Å². The zero-order valence-electron chi connectivity index (χ0n) is 15.2. The molecule has 6 heteroatoms. The quantitative estimate of drug-likeness (QED) is 0.513. The molecule has 0 saturated heterocycles. The zero-order chi connectivity index (χ0) is 19.1. The standard InChI is InChI=1S/C22H18N4O2/c1-2-20(27)25-10-11-26-18(14-25)21(15-5-8-23-9-6-15)22(24-26)17-3-4-19-16(13-17)7-12-28-19/h2-9,12-13H,1,10-11,14H2. The highest BCUT2D eigenvalue weighted by Gasteiger charge is 2.27. The predicted molar refractivity (Wildman–Crippen MR) is 106 cm³/mol. The lowest BCUT2D eigenvalue weighted by molar-refractivity contribution is -0.127. The maximum absolute atomic E-state index is 12.2. The highest BCUT2D eigenvalue weighted by atomic mass is 16.3. The largest absolute Gasteiger partial charge is 0.464 e. The molecule has 0 saturated carbocycles. The molecular weight excluding hydrogens is 352 g/mol. The molecule has 1 aliphatic rings. The molecule has 0 spiro atoms. The lowest BCUT2D eigenvalue weighted by Gasteiger charge is -2.27. The number of furan rings is 1. The van der Waals surface area contributed by atoms with Crippen LogP contribution in [0.1, 0.15) is 5.69 Å². The lowest BCUT2D eigenvalue weighted by atomic mass is 9.98. The fourth-order valence-corrected chi connectivity index (χ4v) is 3.77. The van der Waals surface area contributed by atoms with Crippen molar-refractivity contribution in [2.24, 2.45) is 0 Å². The van der Waals surface area contributed by atoms with Gasteiger partial charge in [0.15, 0.2) is 0 Å². The van der Waals surface area contributed by atoms with Gasteiger partial charge in [-0.2, -0.15) is 5.10 Å². The van der Waals surface area contributed by atoms with Crippen LogP contribution in [0.5, 0.6) is 0 Å². The van der Waals surface area contributed by atoms with Gasteiger partial charge < -0.3 is 9.32 Å². The van der Waals surface area contributed by atoms with E-state index in [0.717, 1.165) is 39.0 Å². The summed E-state index contributed by atoms with van der Waals surface area (Å²) < 4.78 is 7.48. The fourth-order valence-electron chi connectivity index (χ4n) is 3.77. The van der Waals surface area contributed by atoms with Crippen LogP contribution in [-0.4, -0.2) is 32.1 Å².